The molecular weight excluding hydrogens is 370 g/mol. The van der Waals surface area contributed by atoms with Crippen molar-refractivity contribution in [3.8, 4) is 0 Å². The molecule has 0 aliphatic rings. The smallest absolute Gasteiger partial charge is 0.253 e. The minimum absolute atomic E-state index is 0.238. The first kappa shape index (κ1) is 20.3. The van der Waals surface area contributed by atoms with Gasteiger partial charge in [0.2, 0.25) is 5.91 Å². The quantitative estimate of drug-likeness (QED) is 0.722. The van der Waals surface area contributed by atoms with Crippen molar-refractivity contribution in [2.75, 3.05) is 12.0 Å². The minimum Gasteiger partial charge on any atom is -0.346 e. The Kier molecular flexibility index (Phi) is 7.94. The highest BCUT2D eigenvalue weighted by molar-refractivity contribution is 7.98. The van der Waals surface area contributed by atoms with Crippen molar-refractivity contribution >= 4 is 35.2 Å². The number of hydrogen-bond acceptors (Lipinski definition) is 4. The monoisotopic (exact) mass is 391 g/mol. The first-order chi connectivity index (χ1) is 12.5. The second-order valence-electron chi connectivity index (χ2n) is 5.77. The molecule has 7 heteroatoms. The van der Waals surface area contributed by atoms with Crippen molar-refractivity contribution in [1.29, 1.82) is 0 Å². The van der Waals surface area contributed by atoms with Crippen molar-refractivity contribution in [3.63, 3.8) is 0 Å². The Hall–Kier alpha value is -2.05. The lowest BCUT2D eigenvalue weighted by Gasteiger charge is -2.21. The molecule has 2 atom stereocenters. The fourth-order valence-electron chi connectivity index (χ4n) is 2.41. The van der Waals surface area contributed by atoms with Crippen molar-refractivity contribution in [2.24, 2.45) is 0 Å². The number of amides is 2. The number of pyridine rings is 1. The third-order valence-electron chi connectivity index (χ3n) is 3.84. The maximum Gasteiger partial charge on any atom is 0.253 e. The molecule has 1 aromatic heterocycles. The van der Waals surface area contributed by atoms with Crippen LogP contribution >= 0.6 is 23.4 Å². The Morgan fingerprint density at radius 3 is 2.54 bits per heavy atom. The topological polar surface area (TPSA) is 71.1 Å². The summed E-state index contributed by atoms with van der Waals surface area (Å²) in [6.07, 6.45) is 4.17. The Morgan fingerprint density at radius 1 is 1.15 bits per heavy atom. The van der Waals surface area contributed by atoms with E-state index in [1.165, 1.54) is 0 Å². The van der Waals surface area contributed by atoms with Gasteiger partial charge in [0.05, 0.1) is 22.3 Å². The van der Waals surface area contributed by atoms with Gasteiger partial charge in [-0.15, -0.1) is 0 Å². The molecule has 2 N–H and O–H groups in total. The summed E-state index contributed by atoms with van der Waals surface area (Å²) in [5.41, 5.74) is 1.12. The SMILES string of the molecule is CSCCC(NC(=O)c1ccccc1Cl)C(=O)NC(C)c1ccccn1. The van der Waals surface area contributed by atoms with Crippen LogP contribution in [0.1, 0.15) is 35.4 Å². The molecule has 1 heterocycles. The number of thioether (sulfide) groups is 1. The van der Waals surface area contributed by atoms with Gasteiger partial charge in [-0.1, -0.05) is 29.8 Å². The van der Waals surface area contributed by atoms with Crippen LogP contribution in [0.25, 0.3) is 0 Å². The molecule has 0 aliphatic carbocycles. The summed E-state index contributed by atoms with van der Waals surface area (Å²) in [6, 6.07) is 11.4. The maximum absolute atomic E-state index is 12.7. The number of hydrogen-bond donors (Lipinski definition) is 2. The van der Waals surface area contributed by atoms with E-state index in [1.807, 2.05) is 31.4 Å². The molecule has 5 nitrogen and oxygen atoms in total. The number of nitrogens with one attached hydrogen (secondary N) is 2. The number of carbonyl (C=O) groups is 2. The number of rotatable bonds is 8. The largest absolute Gasteiger partial charge is 0.346 e. The van der Waals surface area contributed by atoms with Crippen LogP contribution in [0.5, 0.6) is 0 Å². The molecule has 2 rings (SSSR count). The molecule has 0 bridgehead atoms. The fraction of sp³-hybridized carbons (Fsp3) is 0.316. The lowest BCUT2D eigenvalue weighted by molar-refractivity contribution is -0.123. The van der Waals surface area contributed by atoms with Crippen LogP contribution < -0.4 is 10.6 Å². The molecule has 2 amide bonds. The zero-order valence-corrected chi connectivity index (χ0v) is 16.3. The van der Waals surface area contributed by atoms with Crippen LogP contribution in [0.4, 0.5) is 0 Å². The van der Waals surface area contributed by atoms with Crippen LogP contribution in [-0.2, 0) is 4.79 Å². The lowest BCUT2D eigenvalue weighted by atomic mass is 10.1. The van der Waals surface area contributed by atoms with E-state index in [2.05, 4.69) is 15.6 Å². The van der Waals surface area contributed by atoms with Gasteiger partial charge >= 0.3 is 0 Å². The van der Waals surface area contributed by atoms with E-state index >= 15 is 0 Å². The Bertz CT molecular complexity index is 743. The first-order valence-electron chi connectivity index (χ1n) is 8.28. The van der Waals surface area contributed by atoms with Gasteiger partial charge in [0, 0.05) is 6.20 Å². The highest BCUT2D eigenvalue weighted by atomic mass is 35.5. The molecule has 0 saturated carbocycles. The molecular formula is C19H22ClN3O2S. The summed E-state index contributed by atoms with van der Waals surface area (Å²) in [6.45, 7) is 1.86. The summed E-state index contributed by atoms with van der Waals surface area (Å²) < 4.78 is 0. The van der Waals surface area contributed by atoms with Gasteiger partial charge in [-0.2, -0.15) is 11.8 Å². The number of carbonyl (C=O) groups excluding carboxylic acids is 2. The molecule has 0 fully saturated rings. The number of nitrogens with zero attached hydrogens (tertiary/aromatic N) is 1. The van der Waals surface area contributed by atoms with Gasteiger partial charge < -0.3 is 10.6 Å². The molecule has 0 aliphatic heterocycles. The van der Waals surface area contributed by atoms with Crippen LogP contribution in [-0.4, -0.2) is 34.8 Å². The van der Waals surface area contributed by atoms with E-state index in [4.69, 9.17) is 11.6 Å². The van der Waals surface area contributed by atoms with Gasteiger partial charge in [0.25, 0.3) is 5.91 Å². The van der Waals surface area contributed by atoms with E-state index in [9.17, 15) is 9.59 Å². The molecule has 26 heavy (non-hydrogen) atoms. The molecule has 1 aromatic carbocycles. The number of aromatic nitrogens is 1. The average Bonchev–Trinajstić information content (AvgIpc) is 2.65. The highest BCUT2D eigenvalue weighted by Crippen LogP contribution is 2.15. The van der Waals surface area contributed by atoms with E-state index in [-0.39, 0.29) is 17.9 Å². The zero-order chi connectivity index (χ0) is 18.9. The molecule has 0 saturated heterocycles. The van der Waals surface area contributed by atoms with Crippen LogP contribution in [0, 0.1) is 0 Å². The second-order valence-corrected chi connectivity index (χ2v) is 7.17. The minimum atomic E-state index is -0.641. The third kappa shape index (κ3) is 5.75. The summed E-state index contributed by atoms with van der Waals surface area (Å²) >= 11 is 7.70. The van der Waals surface area contributed by atoms with Gasteiger partial charge in [-0.05, 0) is 49.6 Å². The summed E-state index contributed by atoms with van der Waals surface area (Å²) in [5.74, 6) is 0.152. The van der Waals surface area contributed by atoms with Gasteiger partial charge in [-0.25, -0.2) is 0 Å². The third-order valence-corrected chi connectivity index (χ3v) is 4.81. The average molecular weight is 392 g/mol. The summed E-state index contributed by atoms with van der Waals surface area (Å²) in [4.78, 5) is 29.4. The normalized spacial score (nSPS) is 12.9. The van der Waals surface area contributed by atoms with E-state index in [0.29, 0.717) is 17.0 Å². The van der Waals surface area contributed by atoms with Gasteiger partial charge in [-0.3, -0.25) is 14.6 Å². The van der Waals surface area contributed by atoms with E-state index in [0.717, 1.165) is 11.4 Å². The van der Waals surface area contributed by atoms with Gasteiger partial charge in [0.15, 0.2) is 0 Å². The maximum atomic E-state index is 12.7. The molecule has 138 valence electrons. The summed E-state index contributed by atoms with van der Waals surface area (Å²) in [5, 5.41) is 6.07. The molecule has 0 spiro atoms. The Labute approximate surface area is 162 Å². The first-order valence-corrected chi connectivity index (χ1v) is 10.1. The molecule has 2 aromatic rings. The van der Waals surface area contributed by atoms with Crippen LogP contribution in [0.15, 0.2) is 48.7 Å². The van der Waals surface area contributed by atoms with E-state index in [1.54, 1.807) is 42.2 Å². The fourth-order valence-corrected chi connectivity index (χ4v) is 3.10. The van der Waals surface area contributed by atoms with Crippen molar-refractivity contribution in [2.45, 2.75) is 25.4 Å². The molecule has 2 unspecified atom stereocenters. The molecule has 0 radical (unpaired) electrons. The summed E-state index contributed by atoms with van der Waals surface area (Å²) in [7, 11) is 0. The van der Waals surface area contributed by atoms with Crippen molar-refractivity contribution < 1.29 is 9.59 Å². The van der Waals surface area contributed by atoms with Crippen LogP contribution in [0.3, 0.4) is 0 Å². The highest BCUT2D eigenvalue weighted by Gasteiger charge is 2.23. The standard InChI is InChI=1S/C19H22ClN3O2S/c1-13(16-9-5-6-11-21-16)22-19(25)17(10-12-26-2)23-18(24)14-7-3-4-8-15(14)20/h3-9,11,13,17H,10,12H2,1-2H3,(H,22,25)(H,23,24). The number of halogens is 1. The Morgan fingerprint density at radius 2 is 1.88 bits per heavy atom. The van der Waals surface area contributed by atoms with E-state index < -0.39 is 6.04 Å². The predicted molar refractivity (Wildman–Crippen MR) is 106 cm³/mol. The van der Waals surface area contributed by atoms with Crippen molar-refractivity contribution in [3.05, 3.63) is 64.9 Å². The Balaban J connectivity index is 2.07. The van der Waals surface area contributed by atoms with Gasteiger partial charge in [0.1, 0.15) is 6.04 Å². The number of benzene rings is 1. The second kappa shape index (κ2) is 10.2. The predicted octanol–water partition coefficient (Wildman–Crippen LogP) is 3.46. The zero-order valence-electron chi connectivity index (χ0n) is 14.7. The van der Waals surface area contributed by atoms with Crippen molar-refractivity contribution in [1.82, 2.24) is 15.6 Å². The van der Waals surface area contributed by atoms with Crippen LogP contribution in [0.2, 0.25) is 5.02 Å². The lowest BCUT2D eigenvalue weighted by Crippen LogP contribution is -2.47.